The number of fused-ring (bicyclic) bond motifs is 1. The van der Waals surface area contributed by atoms with Crippen LogP contribution in [-0.2, 0) is 9.59 Å². The Bertz CT molecular complexity index is 1290. The van der Waals surface area contributed by atoms with Gasteiger partial charge in [0.2, 0.25) is 0 Å². The number of benzene rings is 2. The summed E-state index contributed by atoms with van der Waals surface area (Å²) in [6.45, 7) is 6.98. The molecule has 0 bridgehead atoms. The van der Waals surface area contributed by atoms with Crippen molar-refractivity contribution in [3.8, 4) is 5.75 Å². The van der Waals surface area contributed by atoms with Gasteiger partial charge in [-0.2, -0.15) is 0 Å². The number of likely N-dealkylation sites (tertiary alicyclic amines) is 1. The monoisotopic (exact) mass is 475 g/mol. The Morgan fingerprint density at radius 2 is 1.91 bits per heavy atom. The Hall–Kier alpha value is -3.58. The average molecular weight is 476 g/mol. The molecular formula is C28H33N3O4. The molecular weight excluding hydrogens is 442 g/mol. The van der Waals surface area contributed by atoms with Crippen molar-refractivity contribution in [2.45, 2.75) is 39.3 Å². The maximum absolute atomic E-state index is 13.3. The van der Waals surface area contributed by atoms with Crippen LogP contribution in [0.2, 0.25) is 0 Å². The van der Waals surface area contributed by atoms with Crippen molar-refractivity contribution in [2.24, 2.45) is 0 Å². The summed E-state index contributed by atoms with van der Waals surface area (Å²) in [5, 5.41) is 12.3. The van der Waals surface area contributed by atoms with E-state index < -0.39 is 17.7 Å². The fourth-order valence-electron chi connectivity index (χ4n) is 4.65. The molecule has 184 valence electrons. The molecule has 1 atom stereocenters. The molecule has 1 fully saturated rings. The van der Waals surface area contributed by atoms with Crippen molar-refractivity contribution < 1.29 is 19.4 Å². The Morgan fingerprint density at radius 1 is 1.17 bits per heavy atom. The molecule has 1 aliphatic heterocycles. The number of ether oxygens (including phenoxy) is 1. The Labute approximate surface area is 206 Å². The van der Waals surface area contributed by atoms with Crippen LogP contribution in [0.15, 0.2) is 54.2 Å². The van der Waals surface area contributed by atoms with Crippen molar-refractivity contribution in [3.63, 3.8) is 0 Å². The van der Waals surface area contributed by atoms with Gasteiger partial charge in [0.1, 0.15) is 11.5 Å². The number of aryl methyl sites for hydroxylation is 1. The summed E-state index contributed by atoms with van der Waals surface area (Å²) in [6, 6.07) is 12.4. The summed E-state index contributed by atoms with van der Waals surface area (Å²) in [5.41, 5.74) is 3.14. The van der Waals surface area contributed by atoms with Crippen LogP contribution in [0.4, 0.5) is 0 Å². The zero-order chi connectivity index (χ0) is 25.3. The normalized spacial score (nSPS) is 17.8. The second-order valence-corrected chi connectivity index (χ2v) is 9.59. The highest BCUT2D eigenvalue weighted by Gasteiger charge is 2.46. The number of para-hydroxylation sites is 1. The number of nitrogens with zero attached hydrogens (tertiary/aromatic N) is 2. The average Bonchev–Trinajstić information content (AvgIpc) is 3.33. The molecule has 2 N–H and O–H groups in total. The standard InChI is InChI=1S/C28H33N3O4/c1-17(2)35-23-12-11-19(15-18(23)3)26(32)24-25(21-16-29-22-10-7-6-9-20(21)22)31(28(34)27(24)33)14-8-13-30(4)5/h6-7,9-12,15-17,25,29,32H,8,13-14H2,1-5H3/b26-24+. The molecule has 35 heavy (non-hydrogen) atoms. The van der Waals surface area contributed by atoms with Gasteiger partial charge in [0.15, 0.2) is 0 Å². The van der Waals surface area contributed by atoms with Crippen LogP contribution in [-0.4, -0.2) is 64.9 Å². The van der Waals surface area contributed by atoms with Crippen LogP contribution in [0.1, 0.15) is 43.0 Å². The first kappa shape index (κ1) is 24.5. The van der Waals surface area contributed by atoms with Gasteiger partial charge < -0.3 is 24.6 Å². The lowest BCUT2D eigenvalue weighted by atomic mass is 9.94. The highest BCUT2D eigenvalue weighted by atomic mass is 16.5. The Kier molecular flexibility index (Phi) is 6.98. The van der Waals surface area contributed by atoms with E-state index in [0.717, 1.165) is 28.6 Å². The quantitative estimate of drug-likeness (QED) is 0.282. The number of aliphatic hydroxyl groups excluding tert-OH is 1. The van der Waals surface area contributed by atoms with Gasteiger partial charge in [0.25, 0.3) is 11.7 Å². The van der Waals surface area contributed by atoms with Gasteiger partial charge in [0.05, 0.1) is 17.7 Å². The van der Waals surface area contributed by atoms with Gasteiger partial charge in [-0.15, -0.1) is 0 Å². The number of aromatic amines is 1. The van der Waals surface area contributed by atoms with Gasteiger partial charge in [-0.1, -0.05) is 18.2 Å². The third kappa shape index (κ3) is 4.82. The number of H-pyrrole nitrogens is 1. The van der Waals surface area contributed by atoms with E-state index in [1.807, 2.05) is 70.2 Å². The van der Waals surface area contributed by atoms with Gasteiger partial charge in [-0.05, 0) is 77.7 Å². The first-order valence-corrected chi connectivity index (χ1v) is 12.0. The second-order valence-electron chi connectivity index (χ2n) is 9.59. The zero-order valence-corrected chi connectivity index (χ0v) is 21.0. The predicted octanol–water partition coefficient (Wildman–Crippen LogP) is 4.64. The summed E-state index contributed by atoms with van der Waals surface area (Å²) >= 11 is 0. The lowest BCUT2D eigenvalue weighted by molar-refractivity contribution is -0.139. The molecule has 4 rings (SSSR count). The number of amides is 1. The number of aliphatic hydroxyl groups is 1. The fraction of sp³-hybridized carbons (Fsp3) is 0.357. The lowest BCUT2D eigenvalue weighted by Crippen LogP contribution is -2.32. The molecule has 0 radical (unpaired) electrons. The first-order valence-electron chi connectivity index (χ1n) is 12.0. The third-order valence-corrected chi connectivity index (χ3v) is 6.27. The number of nitrogens with one attached hydrogen (secondary N) is 1. The molecule has 2 heterocycles. The van der Waals surface area contributed by atoms with Crippen molar-refractivity contribution in [3.05, 3.63) is 70.9 Å². The number of rotatable bonds is 8. The Balaban J connectivity index is 1.83. The molecule has 1 amide bonds. The summed E-state index contributed by atoms with van der Waals surface area (Å²) in [4.78, 5) is 33.4. The summed E-state index contributed by atoms with van der Waals surface area (Å²) in [6.07, 6.45) is 2.56. The van der Waals surface area contributed by atoms with Gasteiger partial charge >= 0.3 is 0 Å². The third-order valence-electron chi connectivity index (χ3n) is 6.27. The molecule has 3 aromatic rings. The zero-order valence-electron chi connectivity index (χ0n) is 21.0. The number of hydrogen-bond acceptors (Lipinski definition) is 5. The molecule has 0 aliphatic carbocycles. The van der Waals surface area contributed by atoms with E-state index in [4.69, 9.17) is 4.74 Å². The molecule has 7 nitrogen and oxygen atoms in total. The van der Waals surface area contributed by atoms with Crippen molar-refractivity contribution in [1.29, 1.82) is 0 Å². The summed E-state index contributed by atoms with van der Waals surface area (Å²) in [5.74, 6) is -0.707. The van der Waals surface area contributed by atoms with Gasteiger partial charge in [-0.25, -0.2) is 0 Å². The largest absolute Gasteiger partial charge is 0.507 e. The highest BCUT2D eigenvalue weighted by molar-refractivity contribution is 6.46. The second kappa shape index (κ2) is 9.96. The van der Waals surface area contributed by atoms with Crippen LogP contribution < -0.4 is 4.74 Å². The van der Waals surface area contributed by atoms with Crippen LogP contribution in [0.25, 0.3) is 16.7 Å². The van der Waals surface area contributed by atoms with E-state index in [2.05, 4.69) is 4.98 Å². The first-order chi connectivity index (χ1) is 16.7. The smallest absolute Gasteiger partial charge is 0.295 e. The lowest BCUT2D eigenvalue weighted by Gasteiger charge is -2.25. The Morgan fingerprint density at radius 3 is 2.60 bits per heavy atom. The number of carbonyl (C=O) groups is 2. The van der Waals surface area contributed by atoms with Crippen molar-refractivity contribution in [2.75, 3.05) is 27.2 Å². The van der Waals surface area contributed by atoms with Crippen molar-refractivity contribution >= 4 is 28.4 Å². The van der Waals surface area contributed by atoms with Crippen LogP contribution in [0.5, 0.6) is 5.75 Å². The number of hydrogen-bond donors (Lipinski definition) is 2. The van der Waals surface area contributed by atoms with E-state index in [-0.39, 0.29) is 17.4 Å². The maximum atomic E-state index is 13.3. The number of Topliss-reactive ketones (excluding diaryl/α,β-unsaturated/α-hetero) is 1. The maximum Gasteiger partial charge on any atom is 0.295 e. The van der Waals surface area contributed by atoms with E-state index in [9.17, 15) is 14.7 Å². The van der Waals surface area contributed by atoms with E-state index in [1.165, 1.54) is 0 Å². The fourth-order valence-corrected chi connectivity index (χ4v) is 4.65. The number of ketones is 1. The van der Waals surface area contributed by atoms with E-state index in [1.54, 1.807) is 23.1 Å². The molecule has 0 saturated carbocycles. The highest BCUT2D eigenvalue weighted by Crippen LogP contribution is 2.42. The molecule has 1 unspecified atom stereocenters. The van der Waals surface area contributed by atoms with Gasteiger partial charge in [0, 0.05) is 34.8 Å². The molecule has 2 aromatic carbocycles. The molecule has 0 spiro atoms. The summed E-state index contributed by atoms with van der Waals surface area (Å²) in [7, 11) is 3.94. The topological polar surface area (TPSA) is 85.9 Å². The molecule has 1 saturated heterocycles. The van der Waals surface area contributed by atoms with Crippen LogP contribution >= 0.6 is 0 Å². The van der Waals surface area contributed by atoms with Crippen molar-refractivity contribution in [1.82, 2.24) is 14.8 Å². The minimum absolute atomic E-state index is 0.0162. The SMILES string of the molecule is Cc1cc(/C(O)=C2\C(=O)C(=O)N(CCCN(C)C)C2c2c[nH]c3ccccc23)ccc1OC(C)C. The number of carbonyl (C=O) groups excluding carboxylic acids is 2. The van der Waals surface area contributed by atoms with E-state index in [0.29, 0.717) is 24.3 Å². The van der Waals surface area contributed by atoms with Crippen LogP contribution in [0.3, 0.4) is 0 Å². The molecule has 7 heteroatoms. The molecule has 1 aliphatic rings. The van der Waals surface area contributed by atoms with Crippen LogP contribution in [0, 0.1) is 6.92 Å². The molecule has 1 aromatic heterocycles. The predicted molar refractivity (Wildman–Crippen MR) is 137 cm³/mol. The van der Waals surface area contributed by atoms with Gasteiger partial charge in [-0.3, -0.25) is 9.59 Å². The minimum Gasteiger partial charge on any atom is -0.507 e. The number of aromatic nitrogens is 1. The van der Waals surface area contributed by atoms with E-state index >= 15 is 0 Å². The minimum atomic E-state index is -0.680. The summed E-state index contributed by atoms with van der Waals surface area (Å²) < 4.78 is 5.82.